The molecule has 2 aromatic carbocycles. The van der Waals surface area contributed by atoms with E-state index in [0.717, 1.165) is 29.7 Å². The first-order valence-corrected chi connectivity index (χ1v) is 8.83. The van der Waals surface area contributed by atoms with E-state index in [0.29, 0.717) is 13.1 Å². The molecule has 1 heterocycles. The van der Waals surface area contributed by atoms with Crippen LogP contribution < -0.4 is 4.90 Å². The van der Waals surface area contributed by atoms with Crippen LogP contribution in [0.15, 0.2) is 54.6 Å². The molecule has 4 rings (SSSR count). The second kappa shape index (κ2) is 6.03. The first-order chi connectivity index (χ1) is 12.1. The molecule has 2 amide bonds. The van der Waals surface area contributed by atoms with Crippen molar-refractivity contribution in [2.75, 3.05) is 24.5 Å². The fourth-order valence-electron chi connectivity index (χ4n) is 3.46. The minimum absolute atomic E-state index is 0.00719. The van der Waals surface area contributed by atoms with Crippen LogP contribution in [0.4, 0.5) is 5.69 Å². The number of rotatable bonds is 3. The third-order valence-electron chi connectivity index (χ3n) is 5.30. The lowest BCUT2D eigenvalue weighted by Crippen LogP contribution is -2.54. The molecule has 2 aromatic rings. The first-order valence-electron chi connectivity index (χ1n) is 8.83. The van der Waals surface area contributed by atoms with Gasteiger partial charge in [0.2, 0.25) is 11.8 Å². The monoisotopic (exact) mass is 334 g/mol. The minimum atomic E-state index is -0.218. The summed E-state index contributed by atoms with van der Waals surface area (Å²) in [6.07, 6.45) is 1.88. The SMILES string of the molecule is CC1(C(=O)N2CCN(c3ccccc3-c3ccccc3)C(=O)C2)CC1. The van der Waals surface area contributed by atoms with Crippen LogP contribution >= 0.6 is 0 Å². The molecule has 0 N–H and O–H groups in total. The standard InChI is InChI=1S/C21H22N2O2/c1-21(11-12-21)20(25)22-13-14-23(19(24)15-22)18-10-6-5-9-17(18)16-7-3-2-4-8-16/h2-10H,11-15H2,1H3. The van der Waals surface area contributed by atoms with Crippen molar-refractivity contribution in [2.45, 2.75) is 19.8 Å². The van der Waals surface area contributed by atoms with Crippen molar-refractivity contribution in [3.63, 3.8) is 0 Å². The fourth-order valence-corrected chi connectivity index (χ4v) is 3.46. The molecule has 128 valence electrons. The van der Waals surface area contributed by atoms with E-state index in [1.807, 2.05) is 54.3 Å². The molecule has 1 aliphatic heterocycles. The van der Waals surface area contributed by atoms with Crippen molar-refractivity contribution in [2.24, 2.45) is 5.41 Å². The quantitative estimate of drug-likeness (QED) is 0.864. The Hall–Kier alpha value is -2.62. The van der Waals surface area contributed by atoms with Gasteiger partial charge in [-0.25, -0.2) is 0 Å². The molecule has 2 aliphatic rings. The predicted octanol–water partition coefficient (Wildman–Crippen LogP) is 3.33. The van der Waals surface area contributed by atoms with E-state index in [9.17, 15) is 9.59 Å². The fraction of sp³-hybridized carbons (Fsp3) is 0.333. The van der Waals surface area contributed by atoms with Gasteiger partial charge in [-0.1, -0.05) is 55.5 Å². The van der Waals surface area contributed by atoms with Crippen molar-refractivity contribution in [3.05, 3.63) is 54.6 Å². The largest absolute Gasteiger partial charge is 0.331 e. The summed E-state index contributed by atoms with van der Waals surface area (Å²) in [4.78, 5) is 28.8. The van der Waals surface area contributed by atoms with Crippen LogP contribution in [-0.4, -0.2) is 36.3 Å². The number of benzene rings is 2. The second-order valence-corrected chi connectivity index (χ2v) is 7.22. The molecule has 0 spiro atoms. The number of nitrogens with zero attached hydrogens (tertiary/aromatic N) is 2. The van der Waals surface area contributed by atoms with E-state index in [1.165, 1.54) is 0 Å². The van der Waals surface area contributed by atoms with E-state index >= 15 is 0 Å². The molecule has 2 fully saturated rings. The Morgan fingerprint density at radius 1 is 0.960 bits per heavy atom. The van der Waals surface area contributed by atoms with Crippen LogP contribution in [0.25, 0.3) is 11.1 Å². The summed E-state index contributed by atoms with van der Waals surface area (Å²) in [6, 6.07) is 18.1. The number of anilines is 1. The lowest BCUT2D eigenvalue weighted by molar-refractivity contribution is -0.140. The molecule has 1 aliphatic carbocycles. The Balaban J connectivity index is 1.58. The average molecular weight is 334 g/mol. The van der Waals surface area contributed by atoms with E-state index in [1.54, 1.807) is 4.90 Å². The summed E-state index contributed by atoms with van der Waals surface area (Å²) in [5, 5.41) is 0. The smallest absolute Gasteiger partial charge is 0.246 e. The van der Waals surface area contributed by atoms with Gasteiger partial charge in [-0.15, -0.1) is 0 Å². The summed E-state index contributed by atoms with van der Waals surface area (Å²) in [6.45, 7) is 3.32. The maximum absolute atomic E-state index is 12.8. The molecule has 0 aromatic heterocycles. The van der Waals surface area contributed by atoms with Gasteiger partial charge >= 0.3 is 0 Å². The zero-order valence-corrected chi connectivity index (χ0v) is 14.4. The summed E-state index contributed by atoms with van der Waals surface area (Å²) in [5.41, 5.74) is 2.84. The topological polar surface area (TPSA) is 40.6 Å². The van der Waals surface area contributed by atoms with Crippen LogP contribution in [0, 0.1) is 5.41 Å². The Labute approximate surface area is 148 Å². The summed E-state index contributed by atoms with van der Waals surface area (Å²) >= 11 is 0. The molecule has 0 atom stereocenters. The number of hydrogen-bond acceptors (Lipinski definition) is 2. The number of para-hydroxylation sites is 1. The van der Waals surface area contributed by atoms with Crippen molar-refractivity contribution < 1.29 is 9.59 Å². The van der Waals surface area contributed by atoms with Crippen LogP contribution in [0.2, 0.25) is 0 Å². The maximum Gasteiger partial charge on any atom is 0.246 e. The molecule has 1 saturated carbocycles. The summed E-state index contributed by atoms with van der Waals surface area (Å²) in [5.74, 6) is 0.129. The molecular formula is C21H22N2O2. The van der Waals surface area contributed by atoms with Gasteiger partial charge in [0.1, 0.15) is 6.54 Å². The summed E-state index contributed by atoms with van der Waals surface area (Å²) in [7, 11) is 0. The van der Waals surface area contributed by atoms with Crippen LogP contribution in [0.1, 0.15) is 19.8 Å². The van der Waals surface area contributed by atoms with Crippen molar-refractivity contribution in [1.82, 2.24) is 4.90 Å². The number of amides is 2. The maximum atomic E-state index is 12.8. The van der Waals surface area contributed by atoms with Crippen molar-refractivity contribution in [1.29, 1.82) is 0 Å². The van der Waals surface area contributed by atoms with Gasteiger partial charge in [0.05, 0.1) is 5.69 Å². The Morgan fingerprint density at radius 2 is 1.64 bits per heavy atom. The molecule has 4 nitrogen and oxygen atoms in total. The van der Waals surface area contributed by atoms with Gasteiger partial charge in [0.15, 0.2) is 0 Å². The van der Waals surface area contributed by atoms with E-state index in [-0.39, 0.29) is 23.8 Å². The number of piperazine rings is 1. The van der Waals surface area contributed by atoms with E-state index < -0.39 is 0 Å². The van der Waals surface area contributed by atoms with Gasteiger partial charge in [-0.2, -0.15) is 0 Å². The highest BCUT2D eigenvalue weighted by molar-refractivity contribution is 6.01. The van der Waals surface area contributed by atoms with Crippen LogP contribution in [0.5, 0.6) is 0 Å². The highest BCUT2D eigenvalue weighted by Crippen LogP contribution is 2.46. The van der Waals surface area contributed by atoms with Crippen molar-refractivity contribution in [3.8, 4) is 11.1 Å². The average Bonchev–Trinajstić information content (AvgIpc) is 3.40. The molecular weight excluding hydrogens is 312 g/mol. The normalized spacial score (nSPS) is 19.0. The third-order valence-corrected chi connectivity index (χ3v) is 5.30. The van der Waals surface area contributed by atoms with Crippen molar-refractivity contribution >= 4 is 17.5 Å². The molecule has 0 bridgehead atoms. The second-order valence-electron chi connectivity index (χ2n) is 7.22. The van der Waals surface area contributed by atoms with Gasteiger partial charge in [-0.3, -0.25) is 9.59 Å². The van der Waals surface area contributed by atoms with Crippen LogP contribution in [-0.2, 0) is 9.59 Å². The Morgan fingerprint density at radius 3 is 2.32 bits per heavy atom. The minimum Gasteiger partial charge on any atom is -0.331 e. The van der Waals surface area contributed by atoms with Gasteiger partial charge in [-0.05, 0) is 24.5 Å². The first kappa shape index (κ1) is 15.9. The molecule has 0 unspecified atom stereocenters. The molecule has 0 radical (unpaired) electrons. The number of carbonyl (C=O) groups is 2. The highest BCUT2D eigenvalue weighted by atomic mass is 16.2. The van der Waals surface area contributed by atoms with Gasteiger partial charge in [0.25, 0.3) is 0 Å². The van der Waals surface area contributed by atoms with Gasteiger partial charge < -0.3 is 9.80 Å². The van der Waals surface area contributed by atoms with E-state index in [4.69, 9.17) is 0 Å². The van der Waals surface area contributed by atoms with Gasteiger partial charge in [0, 0.05) is 24.1 Å². The molecule has 1 saturated heterocycles. The third kappa shape index (κ3) is 2.93. The molecule has 25 heavy (non-hydrogen) atoms. The number of carbonyl (C=O) groups excluding carboxylic acids is 2. The summed E-state index contributed by atoms with van der Waals surface area (Å²) < 4.78 is 0. The molecule has 4 heteroatoms. The predicted molar refractivity (Wildman–Crippen MR) is 98.2 cm³/mol. The zero-order chi connectivity index (χ0) is 17.4. The zero-order valence-electron chi connectivity index (χ0n) is 14.4. The Kier molecular flexibility index (Phi) is 3.83. The van der Waals surface area contributed by atoms with Crippen LogP contribution in [0.3, 0.4) is 0 Å². The highest BCUT2D eigenvalue weighted by Gasteiger charge is 2.48. The Bertz CT molecular complexity index is 812. The lowest BCUT2D eigenvalue weighted by Gasteiger charge is -2.36. The van der Waals surface area contributed by atoms with E-state index in [2.05, 4.69) is 12.1 Å². The number of hydrogen-bond donors (Lipinski definition) is 0. The lowest BCUT2D eigenvalue weighted by atomic mass is 10.0.